The fraction of sp³-hybridized carbons (Fsp3) is 0.250. The summed E-state index contributed by atoms with van der Waals surface area (Å²) < 4.78 is 1.08. The van der Waals surface area contributed by atoms with Crippen LogP contribution in [0.25, 0.3) is 0 Å². The maximum Gasteiger partial charge on any atom is 0.254 e. The van der Waals surface area contributed by atoms with Crippen LogP contribution in [0.15, 0.2) is 47.1 Å². The molecule has 5 heteroatoms. The zero-order valence-corrected chi connectivity index (χ0v) is 13.7. The van der Waals surface area contributed by atoms with Crippen LogP contribution >= 0.6 is 15.9 Å². The number of aromatic nitrogens is 1. The number of likely N-dealkylation sites (N-methyl/N-ethyl adjacent to an activating group) is 1. The van der Waals surface area contributed by atoms with Crippen LogP contribution in [0.4, 0.5) is 5.82 Å². The Kier molecular flexibility index (Phi) is 5.33. The van der Waals surface area contributed by atoms with Crippen LogP contribution in [0.3, 0.4) is 0 Å². The van der Waals surface area contributed by atoms with Crippen LogP contribution in [0.1, 0.15) is 15.9 Å². The molecule has 0 unspecified atom stereocenters. The Bertz CT molecular complexity index is 613. The Morgan fingerprint density at radius 1 is 1.29 bits per heavy atom. The Labute approximate surface area is 133 Å². The summed E-state index contributed by atoms with van der Waals surface area (Å²) in [6.45, 7) is 0.794. The number of anilines is 1. The maximum absolute atomic E-state index is 11.9. The van der Waals surface area contributed by atoms with E-state index in [1.165, 1.54) is 5.56 Å². The minimum Gasteiger partial charge on any atom is -0.359 e. The van der Waals surface area contributed by atoms with E-state index in [1.54, 1.807) is 25.4 Å². The van der Waals surface area contributed by atoms with Gasteiger partial charge in [-0.05, 0) is 36.2 Å². The van der Waals surface area contributed by atoms with Crippen LogP contribution < -0.4 is 10.2 Å². The molecule has 0 bridgehead atoms. The Morgan fingerprint density at radius 3 is 2.67 bits per heavy atom. The van der Waals surface area contributed by atoms with E-state index in [0.29, 0.717) is 11.4 Å². The molecule has 1 N–H and O–H groups in total. The van der Waals surface area contributed by atoms with Gasteiger partial charge in [0.2, 0.25) is 0 Å². The molecule has 0 aliphatic carbocycles. The average molecular weight is 348 g/mol. The topological polar surface area (TPSA) is 45.2 Å². The van der Waals surface area contributed by atoms with E-state index in [1.807, 2.05) is 24.1 Å². The van der Waals surface area contributed by atoms with E-state index in [2.05, 4.69) is 38.4 Å². The summed E-state index contributed by atoms with van der Waals surface area (Å²) in [6, 6.07) is 11.8. The van der Waals surface area contributed by atoms with Gasteiger partial charge in [0.1, 0.15) is 5.82 Å². The number of carbonyl (C=O) groups excluding carboxylic acids is 1. The van der Waals surface area contributed by atoms with Gasteiger partial charge < -0.3 is 10.2 Å². The molecule has 4 nitrogen and oxygen atoms in total. The first kappa shape index (κ1) is 15.5. The smallest absolute Gasteiger partial charge is 0.254 e. The van der Waals surface area contributed by atoms with E-state index in [9.17, 15) is 4.79 Å². The van der Waals surface area contributed by atoms with Crippen LogP contribution in [0.5, 0.6) is 0 Å². The number of halogens is 1. The number of hydrogen-bond donors (Lipinski definition) is 1. The van der Waals surface area contributed by atoms with Gasteiger partial charge in [0.05, 0.1) is 5.56 Å². The number of amides is 1. The van der Waals surface area contributed by atoms with Crippen LogP contribution in [-0.2, 0) is 6.42 Å². The number of nitrogens with one attached hydrogen (secondary N) is 1. The van der Waals surface area contributed by atoms with E-state index < -0.39 is 0 Å². The van der Waals surface area contributed by atoms with Gasteiger partial charge >= 0.3 is 0 Å². The summed E-state index contributed by atoms with van der Waals surface area (Å²) >= 11 is 3.43. The molecule has 0 radical (unpaired) electrons. The highest BCUT2D eigenvalue weighted by Gasteiger charge is 2.13. The van der Waals surface area contributed by atoms with E-state index in [4.69, 9.17) is 0 Å². The molecule has 0 saturated carbocycles. The molecule has 1 aromatic carbocycles. The molecule has 1 aromatic heterocycles. The van der Waals surface area contributed by atoms with Crippen molar-refractivity contribution in [3.05, 3.63) is 58.2 Å². The molecule has 1 amide bonds. The Morgan fingerprint density at radius 2 is 2.00 bits per heavy atom. The lowest BCUT2D eigenvalue weighted by Crippen LogP contribution is -2.27. The number of pyridine rings is 1. The predicted molar refractivity (Wildman–Crippen MR) is 88.7 cm³/mol. The van der Waals surface area contributed by atoms with E-state index in [0.717, 1.165) is 17.4 Å². The van der Waals surface area contributed by atoms with Gasteiger partial charge in [-0.3, -0.25) is 4.79 Å². The van der Waals surface area contributed by atoms with Crippen LogP contribution in [-0.4, -0.2) is 31.5 Å². The minimum atomic E-state index is -0.117. The van der Waals surface area contributed by atoms with Gasteiger partial charge in [-0.15, -0.1) is 0 Å². The number of nitrogens with zero attached hydrogens (tertiary/aromatic N) is 2. The first-order chi connectivity index (χ1) is 10.1. The maximum atomic E-state index is 11.9. The second kappa shape index (κ2) is 7.22. The van der Waals surface area contributed by atoms with E-state index in [-0.39, 0.29) is 5.91 Å². The van der Waals surface area contributed by atoms with Gasteiger partial charge in [0.25, 0.3) is 5.91 Å². The third-order valence-electron chi connectivity index (χ3n) is 3.27. The van der Waals surface area contributed by atoms with E-state index >= 15 is 0 Å². The first-order valence-corrected chi connectivity index (χ1v) is 7.54. The van der Waals surface area contributed by atoms with Crippen molar-refractivity contribution in [2.24, 2.45) is 0 Å². The van der Waals surface area contributed by atoms with Crippen LogP contribution in [0, 0.1) is 0 Å². The number of benzene rings is 1. The molecule has 0 atom stereocenters. The number of hydrogen-bond acceptors (Lipinski definition) is 3. The van der Waals surface area contributed by atoms with Gasteiger partial charge in [-0.1, -0.05) is 28.1 Å². The van der Waals surface area contributed by atoms with Crippen molar-refractivity contribution in [3.63, 3.8) is 0 Å². The molecule has 0 spiro atoms. The predicted octanol–water partition coefficient (Wildman–Crippen LogP) is 2.88. The quantitative estimate of drug-likeness (QED) is 0.904. The monoisotopic (exact) mass is 347 g/mol. The van der Waals surface area contributed by atoms with Gasteiger partial charge in [-0.2, -0.15) is 0 Å². The van der Waals surface area contributed by atoms with Gasteiger partial charge in [-0.25, -0.2) is 4.98 Å². The van der Waals surface area contributed by atoms with Crippen molar-refractivity contribution in [2.75, 3.05) is 25.5 Å². The molecule has 0 aliphatic rings. The third-order valence-corrected chi connectivity index (χ3v) is 3.80. The lowest BCUT2D eigenvalue weighted by atomic mass is 10.1. The molecule has 1 heterocycles. The van der Waals surface area contributed by atoms with Crippen molar-refractivity contribution in [1.29, 1.82) is 0 Å². The molecule has 2 rings (SSSR count). The molecular weight excluding hydrogens is 330 g/mol. The highest BCUT2D eigenvalue weighted by molar-refractivity contribution is 9.10. The summed E-state index contributed by atoms with van der Waals surface area (Å²) in [6.07, 6.45) is 2.60. The molecule has 21 heavy (non-hydrogen) atoms. The largest absolute Gasteiger partial charge is 0.359 e. The zero-order valence-electron chi connectivity index (χ0n) is 12.1. The summed E-state index contributed by atoms with van der Waals surface area (Å²) in [7, 11) is 3.58. The summed E-state index contributed by atoms with van der Waals surface area (Å²) in [5.74, 6) is 0.586. The summed E-state index contributed by atoms with van der Waals surface area (Å²) in [4.78, 5) is 18.2. The third kappa shape index (κ3) is 4.04. The molecule has 0 aliphatic heterocycles. The molecule has 0 fully saturated rings. The average Bonchev–Trinajstić information content (AvgIpc) is 2.53. The highest BCUT2D eigenvalue weighted by atomic mass is 79.9. The summed E-state index contributed by atoms with van der Waals surface area (Å²) in [5.41, 5.74) is 1.85. The SMILES string of the molecule is CNC(=O)c1cccnc1N(C)CCc1ccc(Br)cc1. The van der Waals surface area contributed by atoms with Crippen molar-refractivity contribution in [3.8, 4) is 0 Å². The second-order valence-corrected chi connectivity index (χ2v) is 5.67. The fourth-order valence-electron chi connectivity index (χ4n) is 2.07. The van der Waals surface area contributed by atoms with Gasteiger partial charge in [0, 0.05) is 31.3 Å². The second-order valence-electron chi connectivity index (χ2n) is 4.75. The molecule has 110 valence electrons. The van der Waals surface area contributed by atoms with Crippen molar-refractivity contribution in [1.82, 2.24) is 10.3 Å². The molecule has 2 aromatic rings. The summed E-state index contributed by atoms with van der Waals surface area (Å²) in [5, 5.41) is 2.65. The first-order valence-electron chi connectivity index (χ1n) is 6.74. The van der Waals surface area contributed by atoms with Crippen molar-refractivity contribution >= 4 is 27.7 Å². The van der Waals surface area contributed by atoms with Crippen molar-refractivity contribution < 1.29 is 4.79 Å². The standard InChI is InChI=1S/C16H18BrN3O/c1-18-16(21)14-4-3-10-19-15(14)20(2)11-9-12-5-7-13(17)8-6-12/h3-8,10H,9,11H2,1-2H3,(H,18,21). The molecule has 0 saturated heterocycles. The fourth-order valence-corrected chi connectivity index (χ4v) is 2.33. The number of rotatable bonds is 5. The zero-order chi connectivity index (χ0) is 15.2. The highest BCUT2D eigenvalue weighted by Crippen LogP contribution is 2.17. The minimum absolute atomic E-state index is 0.117. The lowest BCUT2D eigenvalue weighted by molar-refractivity contribution is 0.0963. The van der Waals surface area contributed by atoms with Crippen molar-refractivity contribution in [2.45, 2.75) is 6.42 Å². The van der Waals surface area contributed by atoms with Gasteiger partial charge in [0.15, 0.2) is 0 Å². The lowest BCUT2D eigenvalue weighted by Gasteiger charge is -2.20. The van der Waals surface area contributed by atoms with Crippen LogP contribution in [0.2, 0.25) is 0 Å². The normalized spacial score (nSPS) is 10.2. The number of carbonyl (C=O) groups is 1. The molecular formula is C16H18BrN3O. The Balaban J connectivity index is 2.08. The Hall–Kier alpha value is -1.88.